The molecule has 0 aliphatic carbocycles. The molecule has 72 valence electrons. The number of halogens is 2. The molecular weight excluding hydrogens is 221 g/mol. The zero-order chi connectivity index (χ0) is 10.6. The van der Waals surface area contributed by atoms with Crippen molar-refractivity contribution in [3.05, 3.63) is 33.8 Å². The van der Waals surface area contributed by atoms with E-state index < -0.39 is 0 Å². The van der Waals surface area contributed by atoms with Gasteiger partial charge in [0.25, 0.3) is 0 Å². The van der Waals surface area contributed by atoms with Crippen LogP contribution >= 0.6 is 23.2 Å². The van der Waals surface area contributed by atoms with Crippen LogP contribution in [0.5, 0.6) is 0 Å². The number of nitrogens with one attached hydrogen (secondary N) is 1. The molecule has 3 N–H and O–H groups in total. The average Bonchev–Trinajstić information content (AvgIpc) is 2.12. The number of amidine groups is 1. The zero-order valence-corrected chi connectivity index (χ0v) is 8.73. The van der Waals surface area contributed by atoms with E-state index in [-0.39, 0.29) is 0 Å². The number of nitriles is 1. The molecule has 1 aromatic carbocycles. The van der Waals surface area contributed by atoms with Crippen LogP contribution in [0.15, 0.2) is 18.2 Å². The SMILES string of the molecule is N#C[NH+]=C(N)Cc1ccc(Cl)c(Cl)c1. The summed E-state index contributed by atoms with van der Waals surface area (Å²) >= 11 is 11.5. The fourth-order valence-corrected chi connectivity index (χ4v) is 1.31. The molecule has 0 aromatic heterocycles. The van der Waals surface area contributed by atoms with Crippen molar-refractivity contribution in [2.45, 2.75) is 6.42 Å². The Labute approximate surface area is 91.8 Å². The molecule has 0 aliphatic heterocycles. The molecule has 0 saturated carbocycles. The lowest BCUT2D eigenvalue weighted by Gasteiger charge is -1.99. The maximum atomic E-state index is 8.30. The zero-order valence-electron chi connectivity index (χ0n) is 7.22. The fourth-order valence-electron chi connectivity index (χ4n) is 0.986. The standard InChI is InChI=1S/C9H7Cl2N3/c10-7-2-1-6(3-8(7)11)4-9(13)14-5-12/h1-3H,4H2,(H2,13,14)/p+1. The van der Waals surface area contributed by atoms with Gasteiger partial charge in [-0.3, -0.25) is 0 Å². The molecule has 1 aromatic rings. The molecular formula is C9H8Cl2N3+. The van der Waals surface area contributed by atoms with Crippen LogP contribution in [0, 0.1) is 11.5 Å². The van der Waals surface area contributed by atoms with Gasteiger partial charge in [-0.1, -0.05) is 29.3 Å². The summed E-state index contributed by atoms with van der Waals surface area (Å²) in [6.45, 7) is 0. The topological polar surface area (TPSA) is 63.8 Å². The monoisotopic (exact) mass is 228 g/mol. The normalized spacial score (nSPS) is 11.1. The van der Waals surface area contributed by atoms with Gasteiger partial charge in [-0.25, -0.2) is 0 Å². The number of nitrogens with two attached hydrogens (primary N) is 1. The average molecular weight is 229 g/mol. The van der Waals surface area contributed by atoms with Gasteiger partial charge < -0.3 is 5.73 Å². The van der Waals surface area contributed by atoms with Gasteiger partial charge in [-0.05, 0) is 17.7 Å². The first-order chi connectivity index (χ1) is 6.63. The predicted octanol–water partition coefficient (Wildman–Crippen LogP) is 0.455. The van der Waals surface area contributed by atoms with Crippen molar-refractivity contribution >= 4 is 29.0 Å². The van der Waals surface area contributed by atoms with Crippen molar-refractivity contribution in [3.63, 3.8) is 0 Å². The Hall–Kier alpha value is -1.24. The van der Waals surface area contributed by atoms with Crippen molar-refractivity contribution in [1.82, 2.24) is 0 Å². The van der Waals surface area contributed by atoms with Crippen LogP contribution < -0.4 is 10.7 Å². The van der Waals surface area contributed by atoms with E-state index in [1.54, 1.807) is 24.4 Å². The molecule has 0 heterocycles. The van der Waals surface area contributed by atoms with Crippen LogP contribution in [-0.2, 0) is 6.42 Å². The van der Waals surface area contributed by atoms with Gasteiger partial charge in [-0.15, -0.1) is 0 Å². The lowest BCUT2D eigenvalue weighted by molar-refractivity contribution is -0.354. The molecule has 0 unspecified atom stereocenters. The van der Waals surface area contributed by atoms with Crippen LogP contribution in [0.25, 0.3) is 0 Å². The van der Waals surface area contributed by atoms with E-state index in [2.05, 4.69) is 4.99 Å². The van der Waals surface area contributed by atoms with Gasteiger partial charge in [0.15, 0.2) is 0 Å². The molecule has 1 rings (SSSR count). The van der Waals surface area contributed by atoms with Crippen LogP contribution in [0.2, 0.25) is 10.0 Å². The molecule has 14 heavy (non-hydrogen) atoms. The summed E-state index contributed by atoms with van der Waals surface area (Å²) in [6.07, 6.45) is 2.19. The van der Waals surface area contributed by atoms with Gasteiger partial charge in [0.2, 0.25) is 5.84 Å². The third kappa shape index (κ3) is 2.91. The lowest BCUT2D eigenvalue weighted by atomic mass is 10.1. The number of rotatable bonds is 2. The second-order valence-corrected chi connectivity index (χ2v) is 3.50. The molecule has 5 heteroatoms. The molecule has 0 aliphatic rings. The molecule has 0 atom stereocenters. The molecule has 0 saturated heterocycles. The highest BCUT2D eigenvalue weighted by molar-refractivity contribution is 6.42. The van der Waals surface area contributed by atoms with Crippen molar-refractivity contribution in [2.75, 3.05) is 0 Å². The number of benzene rings is 1. The Bertz CT molecular complexity index is 407. The Balaban J connectivity index is 2.84. The van der Waals surface area contributed by atoms with E-state index in [4.69, 9.17) is 34.2 Å². The molecule has 0 amide bonds. The van der Waals surface area contributed by atoms with Gasteiger partial charge >= 0.3 is 6.19 Å². The number of hydrogen-bond acceptors (Lipinski definition) is 1. The Morgan fingerprint density at radius 3 is 2.71 bits per heavy atom. The molecule has 0 radical (unpaired) electrons. The van der Waals surface area contributed by atoms with E-state index in [1.165, 1.54) is 0 Å². The summed E-state index contributed by atoms with van der Waals surface area (Å²) in [5, 5.41) is 9.29. The van der Waals surface area contributed by atoms with Gasteiger partial charge in [-0.2, -0.15) is 4.99 Å². The highest BCUT2D eigenvalue weighted by atomic mass is 35.5. The predicted molar refractivity (Wildman–Crippen MR) is 55.9 cm³/mol. The van der Waals surface area contributed by atoms with E-state index in [9.17, 15) is 0 Å². The van der Waals surface area contributed by atoms with E-state index >= 15 is 0 Å². The van der Waals surface area contributed by atoms with E-state index in [1.807, 2.05) is 0 Å². The highest BCUT2D eigenvalue weighted by Gasteiger charge is 2.03. The van der Waals surface area contributed by atoms with Crippen LogP contribution in [0.4, 0.5) is 0 Å². The Morgan fingerprint density at radius 2 is 2.14 bits per heavy atom. The first kappa shape index (κ1) is 10.8. The third-order valence-corrected chi connectivity index (χ3v) is 2.33. The van der Waals surface area contributed by atoms with Crippen molar-refractivity contribution < 1.29 is 4.99 Å². The van der Waals surface area contributed by atoms with Crippen LogP contribution in [0.1, 0.15) is 5.56 Å². The third-order valence-electron chi connectivity index (χ3n) is 1.60. The molecule has 0 spiro atoms. The minimum absolute atomic E-state index is 0.380. The summed E-state index contributed by atoms with van der Waals surface area (Å²) in [7, 11) is 0. The fraction of sp³-hybridized carbons (Fsp3) is 0.111. The van der Waals surface area contributed by atoms with Gasteiger partial charge in [0.05, 0.1) is 16.5 Å². The summed E-state index contributed by atoms with van der Waals surface area (Å²) < 4.78 is 0. The molecule has 0 bridgehead atoms. The first-order valence-corrected chi connectivity index (χ1v) is 4.59. The van der Waals surface area contributed by atoms with Crippen molar-refractivity contribution in [1.29, 1.82) is 5.26 Å². The smallest absolute Gasteiger partial charge is 0.322 e. The lowest BCUT2D eigenvalue weighted by Crippen LogP contribution is -2.70. The molecule has 3 nitrogen and oxygen atoms in total. The number of nitrogens with zero attached hydrogens (tertiary/aromatic N) is 1. The maximum Gasteiger partial charge on any atom is 0.367 e. The maximum absolute atomic E-state index is 8.30. The summed E-state index contributed by atoms with van der Waals surface area (Å²) in [4.78, 5) is 2.35. The van der Waals surface area contributed by atoms with Crippen LogP contribution in [-0.4, -0.2) is 5.84 Å². The largest absolute Gasteiger partial charge is 0.367 e. The Morgan fingerprint density at radius 1 is 1.43 bits per heavy atom. The van der Waals surface area contributed by atoms with Crippen LogP contribution in [0.3, 0.4) is 0 Å². The molecule has 0 fully saturated rings. The summed E-state index contributed by atoms with van der Waals surface area (Å²) in [5.74, 6) is 0.380. The minimum atomic E-state index is 0.380. The van der Waals surface area contributed by atoms with Crippen molar-refractivity contribution in [3.8, 4) is 6.19 Å². The Kier molecular flexibility index (Phi) is 3.75. The minimum Gasteiger partial charge on any atom is -0.322 e. The van der Waals surface area contributed by atoms with Gasteiger partial charge in [0, 0.05) is 5.26 Å². The van der Waals surface area contributed by atoms with E-state index in [0.29, 0.717) is 22.3 Å². The van der Waals surface area contributed by atoms with E-state index in [0.717, 1.165) is 5.56 Å². The summed E-state index contributed by atoms with van der Waals surface area (Å²) in [6, 6.07) is 5.22. The highest BCUT2D eigenvalue weighted by Crippen LogP contribution is 2.22. The second-order valence-electron chi connectivity index (χ2n) is 2.69. The second kappa shape index (κ2) is 4.85. The van der Waals surface area contributed by atoms with Gasteiger partial charge in [0.1, 0.15) is 0 Å². The first-order valence-electron chi connectivity index (χ1n) is 3.84. The number of hydrogen-bond donors (Lipinski definition) is 2. The summed E-state index contributed by atoms with van der Waals surface area (Å²) in [5.41, 5.74) is 6.41. The van der Waals surface area contributed by atoms with Crippen molar-refractivity contribution in [2.24, 2.45) is 5.73 Å². The quantitative estimate of drug-likeness (QED) is 0.335.